The summed E-state index contributed by atoms with van der Waals surface area (Å²) in [4.78, 5) is 0. The van der Waals surface area contributed by atoms with Gasteiger partial charge in [-0.25, -0.2) is 0 Å². The smallest absolute Gasteiger partial charge is 0.137 e. The van der Waals surface area contributed by atoms with E-state index in [4.69, 9.17) is 15.2 Å². The van der Waals surface area contributed by atoms with Crippen molar-refractivity contribution in [3.05, 3.63) is 52.6 Å². The minimum atomic E-state index is 0.0825. The first-order chi connectivity index (χ1) is 10.0. The molecule has 3 nitrogen and oxygen atoms in total. The molecule has 2 aromatic carbocycles. The van der Waals surface area contributed by atoms with Crippen LogP contribution < -0.4 is 15.2 Å². The number of ether oxygens (including phenoxy) is 2. The summed E-state index contributed by atoms with van der Waals surface area (Å²) in [5.41, 5.74) is 11.3. The molecule has 1 aliphatic heterocycles. The molecule has 0 radical (unpaired) electrons. The summed E-state index contributed by atoms with van der Waals surface area (Å²) in [6.45, 7) is 6.66. The lowest BCUT2D eigenvalue weighted by Gasteiger charge is -2.15. The highest BCUT2D eigenvalue weighted by atomic mass is 16.5. The van der Waals surface area contributed by atoms with E-state index in [2.05, 4.69) is 19.1 Å². The summed E-state index contributed by atoms with van der Waals surface area (Å²) in [7, 11) is 0. The molecular weight excluding hydrogens is 262 g/mol. The molecule has 0 bridgehead atoms. The zero-order valence-electron chi connectivity index (χ0n) is 12.8. The lowest BCUT2D eigenvalue weighted by Crippen LogP contribution is -2.22. The number of hydrogen-bond acceptors (Lipinski definition) is 3. The van der Waals surface area contributed by atoms with Crippen LogP contribution in [0.3, 0.4) is 0 Å². The van der Waals surface area contributed by atoms with Gasteiger partial charge in [-0.1, -0.05) is 17.7 Å². The monoisotopic (exact) mass is 283 g/mol. The molecule has 1 heterocycles. The summed E-state index contributed by atoms with van der Waals surface area (Å²) in [6.07, 6.45) is 0.989. The molecule has 1 unspecified atom stereocenters. The Morgan fingerprint density at radius 2 is 1.95 bits per heavy atom. The minimum Gasteiger partial charge on any atom is -0.489 e. The predicted molar refractivity (Wildman–Crippen MR) is 85.1 cm³/mol. The third-order valence-corrected chi connectivity index (χ3v) is 3.95. The largest absolute Gasteiger partial charge is 0.489 e. The quantitative estimate of drug-likeness (QED) is 0.876. The van der Waals surface area contributed by atoms with Crippen LogP contribution in [-0.4, -0.2) is 12.7 Å². The topological polar surface area (TPSA) is 44.5 Å². The van der Waals surface area contributed by atoms with Crippen molar-refractivity contribution in [2.75, 3.05) is 12.3 Å². The van der Waals surface area contributed by atoms with Crippen molar-refractivity contribution < 1.29 is 9.47 Å². The Balaban J connectivity index is 1.66. The van der Waals surface area contributed by atoms with Gasteiger partial charge in [-0.3, -0.25) is 0 Å². The minimum absolute atomic E-state index is 0.0825. The van der Waals surface area contributed by atoms with Crippen LogP contribution in [0.2, 0.25) is 0 Å². The molecule has 1 atom stereocenters. The molecule has 110 valence electrons. The van der Waals surface area contributed by atoms with Crippen LogP contribution in [0.1, 0.15) is 22.3 Å². The Labute approximate surface area is 125 Å². The number of aryl methyl sites for hydroxylation is 3. The molecule has 0 spiro atoms. The Bertz CT molecular complexity index is 679. The summed E-state index contributed by atoms with van der Waals surface area (Å²) in [6, 6.07) is 10.3. The Morgan fingerprint density at radius 1 is 1.14 bits per heavy atom. The van der Waals surface area contributed by atoms with E-state index in [0.29, 0.717) is 6.61 Å². The fourth-order valence-corrected chi connectivity index (χ4v) is 2.69. The van der Waals surface area contributed by atoms with Crippen LogP contribution in [-0.2, 0) is 6.42 Å². The van der Waals surface area contributed by atoms with E-state index in [0.717, 1.165) is 34.7 Å². The number of hydrogen-bond donors (Lipinski definition) is 1. The zero-order chi connectivity index (χ0) is 15.0. The molecule has 21 heavy (non-hydrogen) atoms. The Kier molecular flexibility index (Phi) is 3.50. The molecule has 0 aliphatic carbocycles. The maximum atomic E-state index is 5.94. The first kappa shape index (κ1) is 13.8. The van der Waals surface area contributed by atoms with Gasteiger partial charge in [-0.2, -0.15) is 0 Å². The molecule has 0 saturated heterocycles. The van der Waals surface area contributed by atoms with Crippen molar-refractivity contribution in [1.82, 2.24) is 0 Å². The Morgan fingerprint density at radius 3 is 2.76 bits per heavy atom. The van der Waals surface area contributed by atoms with Crippen molar-refractivity contribution in [3.63, 3.8) is 0 Å². The van der Waals surface area contributed by atoms with Crippen LogP contribution in [0.15, 0.2) is 30.3 Å². The van der Waals surface area contributed by atoms with Crippen molar-refractivity contribution in [2.24, 2.45) is 0 Å². The normalized spacial score (nSPS) is 16.4. The first-order valence-corrected chi connectivity index (χ1v) is 7.28. The number of nitrogens with two attached hydrogens (primary N) is 1. The van der Waals surface area contributed by atoms with Gasteiger partial charge in [-0.15, -0.1) is 0 Å². The third kappa shape index (κ3) is 2.82. The Hall–Kier alpha value is -2.16. The number of fused-ring (bicyclic) bond motifs is 1. The van der Waals surface area contributed by atoms with E-state index < -0.39 is 0 Å². The van der Waals surface area contributed by atoms with Gasteiger partial charge in [0.25, 0.3) is 0 Å². The summed E-state index contributed by atoms with van der Waals surface area (Å²) in [5.74, 6) is 1.87. The summed E-state index contributed by atoms with van der Waals surface area (Å²) in [5, 5.41) is 0. The van der Waals surface area contributed by atoms with Crippen molar-refractivity contribution >= 4 is 5.69 Å². The summed E-state index contributed by atoms with van der Waals surface area (Å²) >= 11 is 0. The van der Waals surface area contributed by atoms with Gasteiger partial charge in [0.1, 0.15) is 24.2 Å². The van der Waals surface area contributed by atoms with E-state index in [1.54, 1.807) is 0 Å². The lowest BCUT2D eigenvalue weighted by molar-refractivity contribution is 0.148. The molecule has 1 aliphatic rings. The average Bonchev–Trinajstić information content (AvgIpc) is 2.83. The second-order valence-corrected chi connectivity index (χ2v) is 5.84. The van der Waals surface area contributed by atoms with Gasteiger partial charge < -0.3 is 15.2 Å². The lowest BCUT2D eigenvalue weighted by atomic mass is 10.1. The van der Waals surface area contributed by atoms with E-state index >= 15 is 0 Å². The number of nitrogen functional groups attached to an aromatic ring is 1. The molecule has 2 N–H and O–H groups in total. The highest BCUT2D eigenvalue weighted by Crippen LogP contribution is 2.30. The molecule has 3 rings (SSSR count). The fourth-order valence-electron chi connectivity index (χ4n) is 2.69. The van der Waals surface area contributed by atoms with E-state index in [1.165, 1.54) is 11.1 Å². The zero-order valence-corrected chi connectivity index (χ0v) is 12.8. The molecule has 0 amide bonds. The van der Waals surface area contributed by atoms with Gasteiger partial charge in [0, 0.05) is 12.1 Å². The second-order valence-electron chi connectivity index (χ2n) is 5.84. The standard InChI is InChI=1S/C18H21NO2/c1-11-4-5-17-14(6-11)9-15(21-17)10-20-18-8-12(2)16(19)7-13(18)3/h4-8,15H,9-10,19H2,1-3H3. The molecule has 0 aromatic heterocycles. The van der Waals surface area contributed by atoms with Crippen LogP contribution in [0, 0.1) is 20.8 Å². The van der Waals surface area contributed by atoms with Gasteiger partial charge in [0.05, 0.1) is 0 Å². The van der Waals surface area contributed by atoms with Crippen molar-refractivity contribution in [1.29, 1.82) is 0 Å². The fraction of sp³-hybridized carbons (Fsp3) is 0.333. The van der Waals surface area contributed by atoms with Gasteiger partial charge in [-0.05, 0) is 55.7 Å². The SMILES string of the molecule is Cc1ccc2c(c1)CC(COc1cc(C)c(N)cc1C)O2. The average molecular weight is 283 g/mol. The van der Waals surface area contributed by atoms with Crippen LogP contribution in [0.25, 0.3) is 0 Å². The van der Waals surface area contributed by atoms with Gasteiger partial charge in [0.2, 0.25) is 0 Å². The number of rotatable bonds is 3. The van der Waals surface area contributed by atoms with E-state index in [1.807, 2.05) is 32.0 Å². The maximum Gasteiger partial charge on any atom is 0.137 e. The molecule has 3 heteroatoms. The van der Waals surface area contributed by atoms with Crippen molar-refractivity contribution in [3.8, 4) is 11.5 Å². The molecule has 0 saturated carbocycles. The number of anilines is 1. The van der Waals surface area contributed by atoms with Crippen LogP contribution >= 0.6 is 0 Å². The van der Waals surface area contributed by atoms with E-state index in [9.17, 15) is 0 Å². The molecule has 0 fully saturated rings. The highest BCUT2D eigenvalue weighted by Gasteiger charge is 2.23. The predicted octanol–water partition coefficient (Wildman–Crippen LogP) is 3.58. The van der Waals surface area contributed by atoms with Gasteiger partial charge in [0.15, 0.2) is 0 Å². The summed E-state index contributed by atoms with van der Waals surface area (Å²) < 4.78 is 11.9. The highest BCUT2D eigenvalue weighted by molar-refractivity contribution is 5.53. The number of benzene rings is 2. The maximum absolute atomic E-state index is 5.94. The second kappa shape index (κ2) is 5.32. The molecular formula is C18H21NO2. The van der Waals surface area contributed by atoms with Crippen LogP contribution in [0.5, 0.6) is 11.5 Å². The first-order valence-electron chi connectivity index (χ1n) is 7.28. The van der Waals surface area contributed by atoms with Gasteiger partial charge >= 0.3 is 0 Å². The molecule has 2 aromatic rings. The third-order valence-electron chi connectivity index (χ3n) is 3.95. The van der Waals surface area contributed by atoms with Crippen LogP contribution in [0.4, 0.5) is 5.69 Å². The van der Waals surface area contributed by atoms with E-state index in [-0.39, 0.29) is 6.10 Å². The van der Waals surface area contributed by atoms with Crippen molar-refractivity contribution in [2.45, 2.75) is 33.3 Å².